The second kappa shape index (κ2) is 8.38. The predicted molar refractivity (Wildman–Crippen MR) is 107 cm³/mol. The van der Waals surface area contributed by atoms with Gasteiger partial charge in [0.25, 0.3) is 5.91 Å². The van der Waals surface area contributed by atoms with E-state index in [2.05, 4.69) is 10.3 Å². The van der Waals surface area contributed by atoms with Crippen molar-refractivity contribution in [3.05, 3.63) is 57.5 Å². The normalized spacial score (nSPS) is 17.0. The zero-order chi connectivity index (χ0) is 21.2. The van der Waals surface area contributed by atoms with Crippen LogP contribution in [0.3, 0.4) is 0 Å². The van der Waals surface area contributed by atoms with Crippen molar-refractivity contribution in [2.45, 2.75) is 6.18 Å². The van der Waals surface area contributed by atoms with E-state index in [9.17, 15) is 18.0 Å². The monoisotopic (exact) mass is 442 g/mol. The van der Waals surface area contributed by atoms with Crippen LogP contribution in [0.1, 0.15) is 11.1 Å². The fourth-order valence-corrected chi connectivity index (χ4v) is 3.59. The second-order valence-corrected chi connectivity index (χ2v) is 7.19. The summed E-state index contributed by atoms with van der Waals surface area (Å²) in [5, 5.41) is 2.43. The minimum Gasteiger partial charge on any atom is -0.493 e. The molecule has 1 aliphatic heterocycles. The van der Waals surface area contributed by atoms with E-state index in [1.165, 1.54) is 20.3 Å². The van der Waals surface area contributed by atoms with E-state index in [1.54, 1.807) is 24.3 Å². The molecule has 0 bridgehead atoms. The van der Waals surface area contributed by atoms with Gasteiger partial charge in [0.15, 0.2) is 16.7 Å². The van der Waals surface area contributed by atoms with E-state index in [1.807, 2.05) is 0 Å². The number of benzene rings is 2. The van der Waals surface area contributed by atoms with Crippen molar-refractivity contribution < 1.29 is 27.4 Å². The molecule has 1 amide bonds. The van der Waals surface area contributed by atoms with Gasteiger partial charge in [0.1, 0.15) is 0 Å². The molecule has 0 saturated carbocycles. The molecule has 1 heterocycles. The highest BCUT2D eigenvalue weighted by Crippen LogP contribution is 2.39. The summed E-state index contributed by atoms with van der Waals surface area (Å²) in [6.45, 7) is 0. The molecule has 29 heavy (non-hydrogen) atoms. The first-order chi connectivity index (χ1) is 13.7. The van der Waals surface area contributed by atoms with E-state index in [0.29, 0.717) is 17.1 Å². The quantitative estimate of drug-likeness (QED) is 0.655. The van der Waals surface area contributed by atoms with Crippen LogP contribution in [0.15, 0.2) is 46.3 Å². The lowest BCUT2D eigenvalue weighted by atomic mass is 10.1. The van der Waals surface area contributed by atoms with Gasteiger partial charge in [-0.2, -0.15) is 13.2 Å². The summed E-state index contributed by atoms with van der Waals surface area (Å²) in [6.07, 6.45) is -3.08. The number of carbonyl (C=O) groups excluding carboxylic acids is 1. The standard InChI is InChI=1S/C19H14ClF3N2O3S/c1-27-14-5-3-4-10(16(14)28-2)8-15-17(26)25-18(29-15)24-13-7-6-11(20)9-12(13)19(21,22)23/h3-9H,1-2H3,(H,24,25,26)/b15-8-. The Morgan fingerprint density at radius 2 is 1.93 bits per heavy atom. The number of alkyl halides is 3. The fraction of sp³-hybridized carbons (Fsp3) is 0.158. The summed E-state index contributed by atoms with van der Waals surface area (Å²) in [5.41, 5.74) is -0.752. The van der Waals surface area contributed by atoms with Gasteiger partial charge in [0.05, 0.1) is 30.4 Å². The third kappa shape index (κ3) is 4.68. The fourth-order valence-electron chi connectivity index (χ4n) is 2.59. The predicted octanol–water partition coefficient (Wildman–Crippen LogP) is 5.27. The van der Waals surface area contributed by atoms with E-state index < -0.39 is 17.6 Å². The number of halogens is 4. The lowest BCUT2D eigenvalue weighted by molar-refractivity contribution is -0.137. The molecule has 2 aromatic rings. The lowest BCUT2D eigenvalue weighted by Gasteiger charge is -2.10. The Labute approximate surface area is 173 Å². The number of amidine groups is 1. The average molecular weight is 443 g/mol. The number of amides is 1. The van der Waals surface area contributed by atoms with Gasteiger partial charge < -0.3 is 14.8 Å². The van der Waals surface area contributed by atoms with E-state index in [4.69, 9.17) is 21.1 Å². The van der Waals surface area contributed by atoms with E-state index in [-0.39, 0.29) is 20.8 Å². The number of rotatable bonds is 4. The van der Waals surface area contributed by atoms with Crippen LogP contribution in [-0.2, 0) is 11.0 Å². The number of para-hydroxylation sites is 1. The summed E-state index contributed by atoms with van der Waals surface area (Å²) in [5.74, 6) is 0.426. The third-order valence-electron chi connectivity index (χ3n) is 3.86. The minimum absolute atomic E-state index is 0.0240. The van der Waals surface area contributed by atoms with Gasteiger partial charge in [0.2, 0.25) is 0 Å². The first-order valence-corrected chi connectivity index (χ1v) is 9.29. The molecule has 0 radical (unpaired) electrons. The largest absolute Gasteiger partial charge is 0.493 e. The average Bonchev–Trinajstić information content (AvgIpc) is 3.01. The topological polar surface area (TPSA) is 59.9 Å². The van der Waals surface area contributed by atoms with Gasteiger partial charge in [-0.25, -0.2) is 4.99 Å². The minimum atomic E-state index is -4.63. The number of carbonyl (C=O) groups is 1. The maximum atomic E-state index is 13.2. The number of hydrogen-bond acceptors (Lipinski definition) is 5. The first-order valence-electron chi connectivity index (χ1n) is 8.10. The van der Waals surface area contributed by atoms with Crippen LogP contribution in [0.4, 0.5) is 18.9 Å². The Balaban J connectivity index is 1.95. The molecule has 3 rings (SSSR count). The van der Waals surface area contributed by atoms with E-state index in [0.717, 1.165) is 23.9 Å². The van der Waals surface area contributed by atoms with Gasteiger partial charge in [-0.15, -0.1) is 0 Å². The van der Waals surface area contributed by atoms with Crippen molar-refractivity contribution in [2.75, 3.05) is 14.2 Å². The molecule has 152 valence electrons. The van der Waals surface area contributed by atoms with Crippen LogP contribution in [-0.4, -0.2) is 25.3 Å². The zero-order valence-electron chi connectivity index (χ0n) is 15.1. The third-order valence-corrected chi connectivity index (χ3v) is 5.00. The maximum Gasteiger partial charge on any atom is 0.418 e. The Kier molecular flexibility index (Phi) is 6.09. The molecule has 0 aliphatic carbocycles. The van der Waals surface area contributed by atoms with Crippen molar-refractivity contribution in [3.8, 4) is 11.5 Å². The van der Waals surface area contributed by atoms with Crippen molar-refractivity contribution in [2.24, 2.45) is 4.99 Å². The molecule has 10 heteroatoms. The lowest BCUT2D eigenvalue weighted by Crippen LogP contribution is -2.19. The molecule has 1 saturated heterocycles. The SMILES string of the molecule is COc1cccc(/C=C2\SC(=Nc3ccc(Cl)cc3C(F)(F)F)NC2=O)c1OC. The Hall–Kier alpha value is -2.65. The van der Waals surface area contributed by atoms with Crippen LogP contribution < -0.4 is 14.8 Å². The number of aliphatic imine (C=N–C) groups is 1. The van der Waals surface area contributed by atoms with Gasteiger partial charge >= 0.3 is 6.18 Å². The Morgan fingerprint density at radius 3 is 2.59 bits per heavy atom. The highest BCUT2D eigenvalue weighted by molar-refractivity contribution is 8.18. The first kappa shape index (κ1) is 21.1. The molecule has 2 aromatic carbocycles. The van der Waals surface area contributed by atoms with Gasteiger partial charge in [-0.05, 0) is 42.1 Å². The molecule has 1 fully saturated rings. The van der Waals surface area contributed by atoms with E-state index >= 15 is 0 Å². The van der Waals surface area contributed by atoms with Gasteiger partial charge in [-0.1, -0.05) is 23.7 Å². The van der Waals surface area contributed by atoms with Crippen molar-refractivity contribution in [3.63, 3.8) is 0 Å². The van der Waals surface area contributed by atoms with Crippen molar-refractivity contribution >= 4 is 46.2 Å². The van der Waals surface area contributed by atoms with Crippen LogP contribution in [0.5, 0.6) is 11.5 Å². The number of nitrogens with zero attached hydrogens (tertiary/aromatic N) is 1. The molecular weight excluding hydrogens is 429 g/mol. The highest BCUT2D eigenvalue weighted by Gasteiger charge is 2.34. The molecule has 0 aromatic heterocycles. The number of hydrogen-bond donors (Lipinski definition) is 1. The van der Waals surface area contributed by atoms with Crippen LogP contribution >= 0.6 is 23.4 Å². The number of thioether (sulfide) groups is 1. The van der Waals surface area contributed by atoms with Crippen LogP contribution in [0.25, 0.3) is 6.08 Å². The smallest absolute Gasteiger partial charge is 0.418 e. The molecule has 1 aliphatic rings. The second-order valence-electron chi connectivity index (χ2n) is 5.72. The molecule has 0 spiro atoms. The number of nitrogens with one attached hydrogen (secondary N) is 1. The highest BCUT2D eigenvalue weighted by atomic mass is 35.5. The van der Waals surface area contributed by atoms with Crippen LogP contribution in [0, 0.1) is 0 Å². The van der Waals surface area contributed by atoms with Gasteiger partial charge in [-0.3, -0.25) is 4.79 Å². The number of ether oxygens (including phenoxy) is 2. The summed E-state index contributed by atoms with van der Waals surface area (Å²) in [6, 6.07) is 8.39. The Morgan fingerprint density at radius 1 is 1.17 bits per heavy atom. The maximum absolute atomic E-state index is 13.2. The van der Waals surface area contributed by atoms with Crippen molar-refractivity contribution in [1.29, 1.82) is 0 Å². The van der Waals surface area contributed by atoms with Gasteiger partial charge in [0, 0.05) is 10.6 Å². The Bertz CT molecular complexity index is 1020. The molecule has 0 unspecified atom stereocenters. The summed E-state index contributed by atoms with van der Waals surface area (Å²) in [4.78, 5) is 16.5. The molecule has 1 N–H and O–H groups in total. The summed E-state index contributed by atoms with van der Waals surface area (Å²) in [7, 11) is 2.95. The van der Waals surface area contributed by atoms with Crippen molar-refractivity contribution in [1.82, 2.24) is 5.32 Å². The van der Waals surface area contributed by atoms with Crippen LogP contribution in [0.2, 0.25) is 5.02 Å². The summed E-state index contributed by atoms with van der Waals surface area (Å²) < 4.78 is 50.3. The molecule has 0 atom stereocenters. The number of methoxy groups -OCH3 is 2. The summed E-state index contributed by atoms with van der Waals surface area (Å²) >= 11 is 6.59. The molecule has 5 nitrogen and oxygen atoms in total. The molecular formula is C19H14ClF3N2O3S. The zero-order valence-corrected chi connectivity index (χ0v) is 16.7.